The van der Waals surface area contributed by atoms with Crippen LogP contribution in [0.4, 0.5) is 11.4 Å². The Bertz CT molecular complexity index is 278. The Morgan fingerprint density at radius 3 is 2.64 bits per heavy atom. The van der Waals surface area contributed by atoms with E-state index < -0.39 is 0 Å². The smallest absolute Gasteiger partial charge is 0.0986 e. The highest BCUT2D eigenvalue weighted by Gasteiger charge is 2.23. The molecule has 0 aromatic heterocycles. The molecule has 58 valence electrons. The van der Waals surface area contributed by atoms with Crippen LogP contribution in [0.1, 0.15) is 0 Å². The fraction of sp³-hybridized carbons (Fsp3) is 0. The second-order valence-corrected chi connectivity index (χ2v) is 2.79. The van der Waals surface area contributed by atoms with Crippen LogP contribution in [0, 0.1) is 0 Å². The van der Waals surface area contributed by atoms with Crippen LogP contribution in [-0.4, -0.2) is 4.64 Å². The van der Waals surface area contributed by atoms with Gasteiger partial charge in [-0.25, -0.2) is 0 Å². The third kappa shape index (κ3) is 1.01. The highest BCUT2D eigenvalue weighted by atomic mass is 35.5. The van der Waals surface area contributed by atoms with Gasteiger partial charge in [-0.05, 0) is 16.8 Å². The first-order valence-electron chi connectivity index (χ1n) is 3.06. The van der Waals surface area contributed by atoms with Crippen LogP contribution in [0.2, 0.25) is 0 Å². The SMILES string of the molecule is ClN1Nc2ccccc2N1Cl. The van der Waals surface area contributed by atoms with Crippen LogP contribution in [0.5, 0.6) is 0 Å². The number of halogens is 2. The second kappa shape index (κ2) is 2.44. The van der Waals surface area contributed by atoms with Gasteiger partial charge in [-0.1, -0.05) is 12.1 Å². The van der Waals surface area contributed by atoms with Gasteiger partial charge in [0.2, 0.25) is 0 Å². The van der Waals surface area contributed by atoms with Crippen LogP contribution in [0.3, 0.4) is 0 Å². The minimum absolute atomic E-state index is 0.851. The summed E-state index contributed by atoms with van der Waals surface area (Å²) in [6, 6.07) is 7.57. The quantitative estimate of drug-likeness (QED) is 0.633. The molecule has 1 aromatic rings. The van der Waals surface area contributed by atoms with E-state index in [1.807, 2.05) is 24.3 Å². The maximum atomic E-state index is 5.76. The van der Waals surface area contributed by atoms with Crippen LogP contribution < -0.4 is 9.95 Å². The fourth-order valence-electron chi connectivity index (χ4n) is 0.967. The third-order valence-corrected chi connectivity index (χ3v) is 2.12. The lowest BCUT2D eigenvalue weighted by Gasteiger charge is -2.12. The molecule has 0 unspecified atom stereocenters. The number of hydrazine groups is 2. The third-order valence-electron chi connectivity index (χ3n) is 1.47. The maximum absolute atomic E-state index is 5.76. The van der Waals surface area contributed by atoms with Crippen molar-refractivity contribution in [1.82, 2.24) is 4.64 Å². The Labute approximate surface area is 74.3 Å². The van der Waals surface area contributed by atoms with E-state index in [0.717, 1.165) is 11.4 Å². The van der Waals surface area contributed by atoms with Crippen molar-refractivity contribution in [2.75, 3.05) is 9.95 Å². The van der Waals surface area contributed by atoms with Gasteiger partial charge >= 0.3 is 0 Å². The Morgan fingerprint density at radius 1 is 1.18 bits per heavy atom. The van der Waals surface area contributed by atoms with Gasteiger partial charge in [0.05, 0.1) is 11.4 Å². The summed E-state index contributed by atoms with van der Waals surface area (Å²) in [5.74, 6) is 0. The molecule has 0 fully saturated rings. The van der Waals surface area contributed by atoms with Crippen molar-refractivity contribution >= 4 is 34.9 Å². The summed E-state index contributed by atoms with van der Waals surface area (Å²) in [5, 5.41) is 0. The first-order chi connectivity index (χ1) is 5.29. The Balaban J connectivity index is 2.47. The van der Waals surface area contributed by atoms with E-state index in [0.29, 0.717) is 0 Å². The summed E-state index contributed by atoms with van der Waals surface area (Å²) >= 11 is 11.4. The average molecular weight is 190 g/mol. The first kappa shape index (κ1) is 7.03. The summed E-state index contributed by atoms with van der Waals surface area (Å²) in [6.45, 7) is 0. The fourth-order valence-corrected chi connectivity index (χ4v) is 1.32. The molecule has 1 heterocycles. The zero-order chi connectivity index (χ0) is 7.84. The van der Waals surface area contributed by atoms with Crippen LogP contribution in [0.15, 0.2) is 24.3 Å². The van der Waals surface area contributed by atoms with Crippen molar-refractivity contribution in [3.63, 3.8) is 0 Å². The highest BCUT2D eigenvalue weighted by molar-refractivity contribution is 6.31. The molecular weight excluding hydrogens is 185 g/mol. The van der Waals surface area contributed by atoms with Crippen molar-refractivity contribution in [2.45, 2.75) is 0 Å². The molecule has 0 atom stereocenters. The van der Waals surface area contributed by atoms with E-state index in [2.05, 4.69) is 5.43 Å². The van der Waals surface area contributed by atoms with E-state index in [1.54, 1.807) is 0 Å². The average Bonchev–Trinajstić information content (AvgIpc) is 2.30. The van der Waals surface area contributed by atoms with Crippen LogP contribution >= 0.6 is 23.6 Å². The molecule has 0 saturated carbocycles. The highest BCUT2D eigenvalue weighted by Crippen LogP contribution is 2.35. The van der Waals surface area contributed by atoms with Crippen molar-refractivity contribution in [3.05, 3.63) is 24.3 Å². The van der Waals surface area contributed by atoms with Gasteiger partial charge in [0.25, 0.3) is 0 Å². The molecule has 0 aliphatic carbocycles. The monoisotopic (exact) mass is 189 g/mol. The van der Waals surface area contributed by atoms with Crippen molar-refractivity contribution in [2.24, 2.45) is 0 Å². The molecule has 3 nitrogen and oxygen atoms in total. The van der Waals surface area contributed by atoms with E-state index in [1.165, 1.54) is 9.16 Å². The number of nitrogens with zero attached hydrogens (tertiary/aromatic N) is 2. The number of fused-ring (bicyclic) bond motifs is 1. The molecule has 0 bridgehead atoms. The lowest BCUT2D eigenvalue weighted by Crippen LogP contribution is -2.24. The Kier molecular flexibility index (Phi) is 1.56. The summed E-state index contributed by atoms with van der Waals surface area (Å²) in [5.41, 5.74) is 4.59. The van der Waals surface area contributed by atoms with Gasteiger partial charge in [0, 0.05) is 23.6 Å². The van der Waals surface area contributed by atoms with Crippen molar-refractivity contribution < 1.29 is 0 Å². The number of rotatable bonds is 0. The first-order valence-corrected chi connectivity index (χ1v) is 3.74. The standard InChI is InChI=1S/C6H5Cl2N3/c7-10-6-4-2-1-3-5(6)9-11(10)8/h1-4,9H. The molecule has 0 amide bonds. The summed E-state index contributed by atoms with van der Waals surface area (Å²) in [6.07, 6.45) is 0. The molecule has 1 aliphatic rings. The zero-order valence-corrected chi connectivity index (χ0v) is 6.97. The normalized spacial score (nSPS) is 16.4. The van der Waals surface area contributed by atoms with Gasteiger partial charge in [0.1, 0.15) is 0 Å². The molecule has 2 rings (SSSR count). The van der Waals surface area contributed by atoms with Gasteiger partial charge < -0.3 is 0 Å². The van der Waals surface area contributed by atoms with Gasteiger partial charge in [-0.15, -0.1) is 0 Å². The number of para-hydroxylation sites is 2. The van der Waals surface area contributed by atoms with Gasteiger partial charge in [0.15, 0.2) is 0 Å². The minimum atomic E-state index is 0.851. The van der Waals surface area contributed by atoms with E-state index in [4.69, 9.17) is 23.6 Å². The molecule has 5 heteroatoms. The maximum Gasteiger partial charge on any atom is 0.0986 e. The summed E-state index contributed by atoms with van der Waals surface area (Å²) in [4.78, 5) is 0. The topological polar surface area (TPSA) is 18.5 Å². The lowest BCUT2D eigenvalue weighted by molar-refractivity contribution is 0.614. The van der Waals surface area contributed by atoms with E-state index in [-0.39, 0.29) is 0 Å². The molecule has 1 aliphatic heterocycles. The Morgan fingerprint density at radius 2 is 1.91 bits per heavy atom. The molecule has 1 aromatic carbocycles. The van der Waals surface area contributed by atoms with Gasteiger partial charge in [-0.3, -0.25) is 5.43 Å². The summed E-state index contributed by atoms with van der Waals surface area (Å²) in [7, 11) is 0. The molecule has 0 radical (unpaired) electrons. The number of hydrogen-bond acceptors (Lipinski definition) is 3. The number of nitrogens with one attached hydrogen (secondary N) is 1. The molecule has 0 spiro atoms. The predicted molar refractivity (Wildman–Crippen MR) is 46.1 cm³/mol. The molecule has 11 heavy (non-hydrogen) atoms. The molecule has 0 saturated heterocycles. The zero-order valence-electron chi connectivity index (χ0n) is 5.46. The van der Waals surface area contributed by atoms with Crippen LogP contribution in [0.25, 0.3) is 0 Å². The number of hydrogen-bond donors (Lipinski definition) is 1. The minimum Gasteiger partial charge on any atom is -0.283 e. The van der Waals surface area contributed by atoms with Crippen LogP contribution in [-0.2, 0) is 0 Å². The molecular formula is C6H5Cl2N3. The number of anilines is 2. The van der Waals surface area contributed by atoms with E-state index in [9.17, 15) is 0 Å². The number of benzene rings is 1. The Hall–Kier alpha value is -0.640. The second-order valence-electron chi connectivity index (χ2n) is 2.15. The van der Waals surface area contributed by atoms with E-state index >= 15 is 0 Å². The van der Waals surface area contributed by atoms with Crippen molar-refractivity contribution in [1.29, 1.82) is 0 Å². The van der Waals surface area contributed by atoms with Crippen molar-refractivity contribution in [3.8, 4) is 0 Å². The lowest BCUT2D eigenvalue weighted by atomic mass is 10.3. The predicted octanol–water partition coefficient (Wildman–Crippen LogP) is 2.36. The van der Waals surface area contributed by atoms with Gasteiger partial charge in [-0.2, -0.15) is 4.53 Å². The summed E-state index contributed by atoms with van der Waals surface area (Å²) < 4.78 is 2.49. The molecule has 1 N–H and O–H groups in total. The largest absolute Gasteiger partial charge is 0.283 e.